The summed E-state index contributed by atoms with van der Waals surface area (Å²) < 4.78 is 10.1. The largest absolute Gasteiger partial charge is 0.468 e. The van der Waals surface area contributed by atoms with Crippen LogP contribution in [-0.4, -0.2) is 54.3 Å². The van der Waals surface area contributed by atoms with E-state index in [1.54, 1.807) is 4.90 Å². The van der Waals surface area contributed by atoms with Crippen LogP contribution in [0.2, 0.25) is 0 Å². The average molecular weight is 256 g/mol. The van der Waals surface area contributed by atoms with E-state index < -0.39 is 11.6 Å². The van der Waals surface area contributed by atoms with Gasteiger partial charge in [0.25, 0.3) is 0 Å². The maximum absolute atomic E-state index is 12.0. The Hall–Kier alpha value is -1.30. The van der Waals surface area contributed by atoms with E-state index in [1.807, 2.05) is 20.8 Å². The van der Waals surface area contributed by atoms with Crippen molar-refractivity contribution in [3.05, 3.63) is 0 Å². The first kappa shape index (κ1) is 13.1. The van der Waals surface area contributed by atoms with Crippen LogP contribution in [0.3, 0.4) is 0 Å². The highest BCUT2D eigenvalue weighted by Gasteiger charge is 2.51. The Morgan fingerprint density at radius 3 is 2.50 bits per heavy atom. The van der Waals surface area contributed by atoms with Crippen LogP contribution in [0.1, 0.15) is 27.2 Å². The molecule has 2 aliphatic heterocycles. The van der Waals surface area contributed by atoms with Gasteiger partial charge in [-0.15, -0.1) is 0 Å². The molecule has 1 amide bonds. The molecule has 2 bridgehead atoms. The molecule has 18 heavy (non-hydrogen) atoms. The van der Waals surface area contributed by atoms with Gasteiger partial charge in [0.1, 0.15) is 11.6 Å². The third kappa shape index (κ3) is 2.43. The van der Waals surface area contributed by atoms with E-state index in [1.165, 1.54) is 7.11 Å². The highest BCUT2D eigenvalue weighted by atomic mass is 16.6. The van der Waals surface area contributed by atoms with Crippen molar-refractivity contribution < 1.29 is 19.1 Å². The fourth-order valence-electron chi connectivity index (χ4n) is 2.55. The minimum Gasteiger partial charge on any atom is -0.468 e. The lowest BCUT2D eigenvalue weighted by Gasteiger charge is -2.33. The minimum absolute atomic E-state index is 0.155. The number of likely N-dealkylation sites (tertiary alicyclic amines) is 1. The van der Waals surface area contributed by atoms with Crippen molar-refractivity contribution in [1.82, 2.24) is 10.2 Å². The van der Waals surface area contributed by atoms with Gasteiger partial charge in [0.05, 0.1) is 13.2 Å². The summed E-state index contributed by atoms with van der Waals surface area (Å²) in [6.45, 7) is 6.08. The monoisotopic (exact) mass is 256 g/mol. The lowest BCUT2D eigenvalue weighted by Crippen LogP contribution is -2.57. The Morgan fingerprint density at radius 1 is 1.33 bits per heavy atom. The Morgan fingerprint density at radius 2 is 2.00 bits per heavy atom. The maximum atomic E-state index is 12.0. The number of amides is 1. The summed E-state index contributed by atoms with van der Waals surface area (Å²) in [6, 6.07) is -0.426. The van der Waals surface area contributed by atoms with E-state index in [0.717, 1.165) is 6.42 Å². The van der Waals surface area contributed by atoms with Gasteiger partial charge in [-0.05, 0) is 27.2 Å². The molecule has 0 aromatic carbocycles. The van der Waals surface area contributed by atoms with Gasteiger partial charge in [-0.25, -0.2) is 4.79 Å². The number of rotatable bonds is 1. The van der Waals surface area contributed by atoms with Crippen molar-refractivity contribution in [1.29, 1.82) is 0 Å². The highest BCUT2D eigenvalue weighted by Crippen LogP contribution is 2.30. The predicted molar refractivity (Wildman–Crippen MR) is 64.1 cm³/mol. The highest BCUT2D eigenvalue weighted by molar-refractivity contribution is 5.79. The number of hydrogen-bond acceptors (Lipinski definition) is 5. The SMILES string of the molecule is COC(=O)C1NC2C[C@@H]1N(C(=O)OC(C)(C)C)C2. The first-order valence-electron chi connectivity index (χ1n) is 6.15. The Balaban J connectivity index is 2.04. The summed E-state index contributed by atoms with van der Waals surface area (Å²) in [7, 11) is 1.35. The van der Waals surface area contributed by atoms with Crippen LogP contribution in [0, 0.1) is 0 Å². The molecule has 0 spiro atoms. The maximum Gasteiger partial charge on any atom is 0.410 e. The third-order valence-electron chi connectivity index (χ3n) is 3.23. The van der Waals surface area contributed by atoms with Gasteiger partial charge in [-0.3, -0.25) is 10.1 Å². The lowest BCUT2D eigenvalue weighted by atomic mass is 10.1. The van der Waals surface area contributed by atoms with Gasteiger partial charge < -0.3 is 14.4 Å². The van der Waals surface area contributed by atoms with Crippen molar-refractivity contribution >= 4 is 12.1 Å². The Kier molecular flexibility index (Phi) is 3.23. The van der Waals surface area contributed by atoms with Gasteiger partial charge >= 0.3 is 12.1 Å². The molecule has 0 aromatic heterocycles. The van der Waals surface area contributed by atoms with Crippen LogP contribution >= 0.6 is 0 Å². The van der Waals surface area contributed by atoms with Gasteiger partial charge in [0.2, 0.25) is 0 Å². The molecule has 2 unspecified atom stereocenters. The summed E-state index contributed by atoms with van der Waals surface area (Å²) >= 11 is 0. The molecule has 2 heterocycles. The molecule has 0 saturated carbocycles. The number of hydrogen-bond donors (Lipinski definition) is 1. The fourth-order valence-corrected chi connectivity index (χ4v) is 2.55. The smallest absolute Gasteiger partial charge is 0.410 e. The molecule has 3 atom stereocenters. The first-order chi connectivity index (χ1) is 8.31. The second-order valence-electron chi connectivity index (χ2n) is 5.80. The summed E-state index contributed by atoms with van der Waals surface area (Å²) in [6.07, 6.45) is 0.421. The van der Waals surface area contributed by atoms with Crippen molar-refractivity contribution in [3.63, 3.8) is 0 Å². The van der Waals surface area contributed by atoms with Crippen LogP contribution in [-0.2, 0) is 14.3 Å². The second kappa shape index (κ2) is 4.42. The molecular formula is C12H20N2O4. The molecule has 6 nitrogen and oxygen atoms in total. The van der Waals surface area contributed by atoms with E-state index in [4.69, 9.17) is 9.47 Å². The summed E-state index contributed by atoms with van der Waals surface area (Å²) in [5, 5.41) is 3.16. The molecular weight excluding hydrogens is 236 g/mol. The number of piperazine rings is 1. The standard InChI is InChI=1S/C12H20N2O4/c1-12(2,3)18-11(16)14-6-7-5-8(14)9(13-7)10(15)17-4/h7-9,13H,5-6H2,1-4H3/t7?,8-,9?/m0/s1. The van der Waals surface area contributed by atoms with Crippen molar-refractivity contribution in [2.45, 2.75) is 50.9 Å². The lowest BCUT2D eigenvalue weighted by molar-refractivity contribution is -0.144. The van der Waals surface area contributed by atoms with Crippen LogP contribution in [0.5, 0.6) is 0 Å². The van der Waals surface area contributed by atoms with E-state index >= 15 is 0 Å². The summed E-state index contributed by atoms with van der Waals surface area (Å²) in [5.41, 5.74) is -0.521. The van der Waals surface area contributed by atoms with Crippen molar-refractivity contribution in [3.8, 4) is 0 Å². The average Bonchev–Trinajstić information content (AvgIpc) is 2.84. The number of esters is 1. The van der Waals surface area contributed by atoms with Gasteiger partial charge in [0, 0.05) is 12.6 Å². The number of carbonyl (C=O) groups is 2. The number of ether oxygens (including phenoxy) is 2. The summed E-state index contributed by atoms with van der Waals surface area (Å²) in [5.74, 6) is -0.323. The number of methoxy groups -OCH3 is 1. The molecule has 0 aromatic rings. The van der Waals surface area contributed by atoms with Crippen molar-refractivity contribution in [2.75, 3.05) is 13.7 Å². The minimum atomic E-state index is -0.521. The first-order valence-corrected chi connectivity index (χ1v) is 6.15. The fraction of sp³-hybridized carbons (Fsp3) is 0.833. The quantitative estimate of drug-likeness (QED) is 0.692. The van der Waals surface area contributed by atoms with Gasteiger partial charge in [-0.2, -0.15) is 0 Å². The van der Waals surface area contributed by atoms with Crippen molar-refractivity contribution in [2.24, 2.45) is 0 Å². The van der Waals surface area contributed by atoms with E-state index in [9.17, 15) is 9.59 Å². The van der Waals surface area contributed by atoms with Gasteiger partial charge in [-0.1, -0.05) is 0 Å². The molecule has 1 N–H and O–H groups in total. The van der Waals surface area contributed by atoms with Crippen LogP contribution in [0.25, 0.3) is 0 Å². The van der Waals surface area contributed by atoms with Gasteiger partial charge in [0.15, 0.2) is 0 Å². The number of nitrogens with zero attached hydrogens (tertiary/aromatic N) is 1. The molecule has 0 aliphatic carbocycles. The molecule has 2 rings (SSSR count). The second-order valence-corrected chi connectivity index (χ2v) is 5.80. The normalized spacial score (nSPS) is 30.4. The van der Waals surface area contributed by atoms with Crippen LogP contribution in [0.15, 0.2) is 0 Å². The number of carbonyl (C=O) groups excluding carboxylic acids is 2. The zero-order chi connectivity index (χ0) is 13.5. The van der Waals surface area contributed by atoms with E-state index in [0.29, 0.717) is 6.54 Å². The molecule has 2 aliphatic rings. The molecule has 2 fully saturated rings. The zero-order valence-corrected chi connectivity index (χ0v) is 11.2. The third-order valence-corrected chi connectivity index (χ3v) is 3.23. The van der Waals surface area contributed by atoms with E-state index in [2.05, 4.69) is 5.32 Å². The Labute approximate surface area is 107 Å². The molecule has 2 saturated heterocycles. The molecule has 0 radical (unpaired) electrons. The number of nitrogens with one attached hydrogen (secondary N) is 1. The van der Waals surface area contributed by atoms with Crippen LogP contribution in [0.4, 0.5) is 4.79 Å². The molecule has 102 valence electrons. The predicted octanol–water partition coefficient (Wildman–Crippen LogP) is 0.509. The van der Waals surface area contributed by atoms with Crippen LogP contribution < -0.4 is 5.32 Å². The Bertz CT molecular complexity index is 364. The summed E-state index contributed by atoms with van der Waals surface area (Å²) in [4.78, 5) is 25.3. The zero-order valence-electron chi connectivity index (χ0n) is 11.2. The van der Waals surface area contributed by atoms with E-state index in [-0.39, 0.29) is 24.1 Å². The molecule has 6 heteroatoms. The number of fused-ring (bicyclic) bond motifs is 2. The topological polar surface area (TPSA) is 67.9 Å².